The second-order valence-corrected chi connectivity index (χ2v) is 0.970. The van der Waals surface area contributed by atoms with Gasteiger partial charge in [-0.3, -0.25) is 10.8 Å². The summed E-state index contributed by atoms with van der Waals surface area (Å²) in [4.78, 5) is 0. The van der Waals surface area contributed by atoms with Gasteiger partial charge in [-0.2, -0.15) is 0 Å². The summed E-state index contributed by atoms with van der Waals surface area (Å²) in [6, 6.07) is 0. The number of hydrogen-bond acceptors (Lipinski definition) is 2. The van der Waals surface area contributed by atoms with Gasteiger partial charge in [0.25, 0.3) is 0 Å². The number of rotatable bonds is 0. The van der Waals surface area contributed by atoms with Gasteiger partial charge in [-0.05, 0) is 0 Å². The lowest BCUT2D eigenvalue weighted by atomic mass is 11.1. The van der Waals surface area contributed by atoms with Crippen molar-refractivity contribution in [3.05, 3.63) is 0 Å². The molecule has 44 valence electrons. The van der Waals surface area contributed by atoms with Crippen molar-refractivity contribution in [1.29, 1.82) is 10.8 Å². The summed E-state index contributed by atoms with van der Waals surface area (Å²) in [5.41, 5.74) is 9.42. The predicted octanol–water partition coefficient (Wildman–Crippen LogP) is -0.774. The van der Waals surface area contributed by atoms with Crippen LogP contribution in [0.25, 0.3) is 0 Å². The fourth-order valence-corrected chi connectivity index (χ4v) is 0.108. The van der Waals surface area contributed by atoms with E-state index in [4.69, 9.17) is 22.3 Å². The van der Waals surface area contributed by atoms with E-state index in [9.17, 15) is 0 Å². The Balaban J connectivity index is 3.67. The molecule has 8 heavy (non-hydrogen) atoms. The Bertz CT molecular complexity index is 117. The standard InChI is InChI=1S/C2H6N6/c3-1(4)7-8-2(5)6/h(H3,3,4)(H3,5,6)/b8-7+. The van der Waals surface area contributed by atoms with Gasteiger partial charge in [0.15, 0.2) is 0 Å². The van der Waals surface area contributed by atoms with E-state index in [-0.39, 0.29) is 0 Å². The third-order valence-electron chi connectivity index (χ3n) is 0.265. The zero-order valence-corrected chi connectivity index (χ0v) is 4.05. The molecule has 0 saturated heterocycles. The highest BCUT2D eigenvalue weighted by molar-refractivity contribution is 5.79. The van der Waals surface area contributed by atoms with Crippen LogP contribution >= 0.6 is 0 Å². The maximum Gasteiger partial charge on any atom is 0.232 e. The van der Waals surface area contributed by atoms with E-state index in [1.165, 1.54) is 0 Å². The van der Waals surface area contributed by atoms with Crippen LogP contribution < -0.4 is 11.5 Å². The van der Waals surface area contributed by atoms with Crippen molar-refractivity contribution in [2.45, 2.75) is 0 Å². The fourth-order valence-electron chi connectivity index (χ4n) is 0.108. The quantitative estimate of drug-likeness (QED) is 0.187. The minimum atomic E-state index is -0.458. The van der Waals surface area contributed by atoms with Gasteiger partial charge in [-0.1, -0.05) is 0 Å². The third kappa shape index (κ3) is 4.54. The molecule has 0 aromatic rings. The minimum Gasteiger partial charge on any atom is -0.367 e. The predicted molar refractivity (Wildman–Crippen MR) is 28.7 cm³/mol. The van der Waals surface area contributed by atoms with Crippen LogP contribution in [0.3, 0.4) is 0 Å². The summed E-state index contributed by atoms with van der Waals surface area (Å²) in [5, 5.41) is 18.8. The molecule has 0 heterocycles. The molecule has 0 aromatic carbocycles. The molecule has 0 bridgehead atoms. The Morgan fingerprint density at radius 1 is 1.00 bits per heavy atom. The Morgan fingerprint density at radius 2 is 1.25 bits per heavy atom. The SMILES string of the molecule is N=C(N)/N=N/C(=N)N. The van der Waals surface area contributed by atoms with Crippen LogP contribution in [0.15, 0.2) is 10.2 Å². The number of guanidine groups is 2. The number of nitrogens with one attached hydrogen (secondary N) is 2. The third-order valence-corrected chi connectivity index (χ3v) is 0.265. The van der Waals surface area contributed by atoms with E-state index in [2.05, 4.69) is 10.2 Å². The molecule has 6 nitrogen and oxygen atoms in total. The first kappa shape index (κ1) is 6.54. The molecule has 0 aliphatic rings. The van der Waals surface area contributed by atoms with Crippen LogP contribution in [0.5, 0.6) is 0 Å². The molecule has 0 fully saturated rings. The van der Waals surface area contributed by atoms with Gasteiger partial charge < -0.3 is 11.5 Å². The topological polar surface area (TPSA) is 124 Å². The Morgan fingerprint density at radius 3 is 1.38 bits per heavy atom. The molecule has 0 aliphatic heterocycles. The van der Waals surface area contributed by atoms with Gasteiger partial charge in [-0.25, -0.2) is 0 Å². The molecule has 0 spiro atoms. The summed E-state index contributed by atoms with van der Waals surface area (Å²) >= 11 is 0. The van der Waals surface area contributed by atoms with Crippen LogP contribution in [-0.4, -0.2) is 11.9 Å². The highest BCUT2D eigenvalue weighted by atomic mass is 15.2. The smallest absolute Gasteiger partial charge is 0.232 e. The maximum absolute atomic E-state index is 6.45. The number of nitrogens with zero attached hydrogens (tertiary/aromatic N) is 2. The average Bonchev–Trinajstić information content (AvgIpc) is 1.61. The van der Waals surface area contributed by atoms with Crippen molar-refractivity contribution in [3.63, 3.8) is 0 Å². The Hall–Kier alpha value is -1.46. The lowest BCUT2D eigenvalue weighted by Crippen LogP contribution is -2.09. The average molecular weight is 114 g/mol. The lowest BCUT2D eigenvalue weighted by Gasteiger charge is -1.80. The van der Waals surface area contributed by atoms with Crippen LogP contribution in [0, 0.1) is 10.8 Å². The van der Waals surface area contributed by atoms with Crippen LogP contribution in [0.1, 0.15) is 0 Å². The van der Waals surface area contributed by atoms with E-state index < -0.39 is 11.9 Å². The first-order valence-electron chi connectivity index (χ1n) is 1.72. The summed E-state index contributed by atoms with van der Waals surface area (Å²) in [7, 11) is 0. The van der Waals surface area contributed by atoms with Crippen molar-refractivity contribution in [2.24, 2.45) is 21.7 Å². The zero-order valence-electron chi connectivity index (χ0n) is 4.05. The van der Waals surface area contributed by atoms with Gasteiger partial charge in [0, 0.05) is 0 Å². The second kappa shape index (κ2) is 2.67. The molecule has 0 aliphatic carbocycles. The van der Waals surface area contributed by atoms with Crippen molar-refractivity contribution in [1.82, 2.24) is 0 Å². The van der Waals surface area contributed by atoms with Crippen molar-refractivity contribution in [2.75, 3.05) is 0 Å². The second-order valence-electron chi connectivity index (χ2n) is 0.970. The van der Waals surface area contributed by atoms with Crippen LogP contribution in [0.2, 0.25) is 0 Å². The van der Waals surface area contributed by atoms with Crippen molar-refractivity contribution >= 4 is 11.9 Å². The summed E-state index contributed by atoms with van der Waals surface area (Å²) in [5.74, 6) is -0.916. The van der Waals surface area contributed by atoms with E-state index in [1.54, 1.807) is 0 Å². The molecule has 6 heteroatoms. The molecular formula is C2H6N6. The largest absolute Gasteiger partial charge is 0.367 e. The van der Waals surface area contributed by atoms with Gasteiger partial charge in [0.1, 0.15) is 0 Å². The highest BCUT2D eigenvalue weighted by Gasteiger charge is 1.79. The van der Waals surface area contributed by atoms with Crippen molar-refractivity contribution < 1.29 is 0 Å². The molecule has 0 saturated carbocycles. The van der Waals surface area contributed by atoms with E-state index in [1.807, 2.05) is 0 Å². The normalized spacial score (nSPS) is 9.50. The Labute approximate surface area is 45.6 Å². The van der Waals surface area contributed by atoms with Gasteiger partial charge in [0.2, 0.25) is 11.9 Å². The number of hydrogen-bond donors (Lipinski definition) is 4. The van der Waals surface area contributed by atoms with E-state index in [0.29, 0.717) is 0 Å². The zero-order chi connectivity index (χ0) is 6.57. The number of nitrogens with two attached hydrogens (primary N) is 2. The van der Waals surface area contributed by atoms with Gasteiger partial charge >= 0.3 is 0 Å². The summed E-state index contributed by atoms with van der Waals surface area (Å²) in [6.07, 6.45) is 0. The minimum absolute atomic E-state index is 0.458. The van der Waals surface area contributed by atoms with E-state index >= 15 is 0 Å². The van der Waals surface area contributed by atoms with Crippen LogP contribution in [0.4, 0.5) is 0 Å². The molecule has 0 unspecified atom stereocenters. The van der Waals surface area contributed by atoms with E-state index in [0.717, 1.165) is 0 Å². The first-order chi connectivity index (χ1) is 3.63. The van der Waals surface area contributed by atoms with Gasteiger partial charge in [0.05, 0.1) is 0 Å². The highest BCUT2D eigenvalue weighted by Crippen LogP contribution is 1.68. The van der Waals surface area contributed by atoms with Crippen molar-refractivity contribution in [3.8, 4) is 0 Å². The molecular weight excluding hydrogens is 108 g/mol. The molecule has 0 atom stereocenters. The van der Waals surface area contributed by atoms with Gasteiger partial charge in [-0.15, -0.1) is 10.2 Å². The molecule has 0 amide bonds. The summed E-state index contributed by atoms with van der Waals surface area (Å²) < 4.78 is 0. The molecule has 0 radical (unpaired) electrons. The maximum atomic E-state index is 6.45. The number of azo groups is 1. The van der Waals surface area contributed by atoms with Crippen LogP contribution in [-0.2, 0) is 0 Å². The molecule has 0 rings (SSSR count). The lowest BCUT2D eigenvalue weighted by molar-refractivity contribution is 1.21. The summed E-state index contributed by atoms with van der Waals surface area (Å²) in [6.45, 7) is 0. The monoisotopic (exact) mass is 114 g/mol. The first-order valence-corrected chi connectivity index (χ1v) is 1.72. The fraction of sp³-hybridized carbons (Fsp3) is 0. The molecule has 6 N–H and O–H groups in total. The molecule has 0 aromatic heterocycles. The Kier molecular flexibility index (Phi) is 2.18.